The zero-order valence-electron chi connectivity index (χ0n) is 11.5. The number of aliphatic hydroxyl groups is 1. The van der Waals surface area contributed by atoms with Gasteiger partial charge in [0.2, 0.25) is 0 Å². The summed E-state index contributed by atoms with van der Waals surface area (Å²) in [7, 11) is -3.52. The van der Waals surface area contributed by atoms with Crippen molar-refractivity contribution < 1.29 is 23.1 Å². The Morgan fingerprint density at radius 2 is 2.24 bits per heavy atom. The van der Waals surface area contributed by atoms with Gasteiger partial charge in [-0.3, -0.25) is 4.79 Å². The van der Waals surface area contributed by atoms with Crippen molar-refractivity contribution in [3.05, 3.63) is 28.8 Å². The highest BCUT2D eigenvalue weighted by atomic mass is 35.5. The molecule has 0 radical (unpaired) electrons. The Balaban J connectivity index is 2.35. The van der Waals surface area contributed by atoms with Gasteiger partial charge < -0.3 is 14.7 Å². The van der Waals surface area contributed by atoms with Crippen LogP contribution in [-0.4, -0.2) is 63.0 Å². The molecule has 0 bridgehead atoms. The highest BCUT2D eigenvalue weighted by molar-refractivity contribution is 7.90. The van der Waals surface area contributed by atoms with Crippen LogP contribution >= 0.6 is 11.6 Å². The second-order valence-electron chi connectivity index (χ2n) is 4.83. The summed E-state index contributed by atoms with van der Waals surface area (Å²) in [6.07, 6.45) is 1.04. The van der Waals surface area contributed by atoms with E-state index >= 15 is 0 Å². The average Bonchev–Trinajstić information content (AvgIpc) is 2.45. The van der Waals surface area contributed by atoms with Crippen molar-refractivity contribution in [1.82, 2.24) is 4.90 Å². The fourth-order valence-electron chi connectivity index (χ4n) is 2.16. The van der Waals surface area contributed by atoms with Crippen LogP contribution in [-0.2, 0) is 14.6 Å². The van der Waals surface area contributed by atoms with Crippen LogP contribution in [0.5, 0.6) is 0 Å². The van der Waals surface area contributed by atoms with Crippen molar-refractivity contribution in [1.29, 1.82) is 0 Å². The first-order chi connectivity index (χ1) is 9.84. The standard InChI is InChI=1S/C13H16ClNO5S/c1-21(18,19)12-6-9(2-3-11(12)14)13(17)15-4-5-20-8-10(15)7-16/h2-3,6,10,16H,4-5,7-8H2,1H3. The van der Waals surface area contributed by atoms with E-state index in [9.17, 15) is 18.3 Å². The first-order valence-corrected chi connectivity index (χ1v) is 8.60. The number of hydrogen-bond acceptors (Lipinski definition) is 5. The topological polar surface area (TPSA) is 83.9 Å². The van der Waals surface area contributed by atoms with Crippen LogP contribution in [0.3, 0.4) is 0 Å². The van der Waals surface area contributed by atoms with Crippen molar-refractivity contribution in [3.63, 3.8) is 0 Å². The first-order valence-electron chi connectivity index (χ1n) is 6.33. The van der Waals surface area contributed by atoms with Gasteiger partial charge in [-0.1, -0.05) is 11.6 Å². The average molecular weight is 334 g/mol. The lowest BCUT2D eigenvalue weighted by Gasteiger charge is -2.34. The number of benzene rings is 1. The van der Waals surface area contributed by atoms with Crippen molar-refractivity contribution in [2.24, 2.45) is 0 Å². The summed E-state index contributed by atoms with van der Waals surface area (Å²) in [5.41, 5.74) is 0.222. The zero-order chi connectivity index (χ0) is 15.6. The molecule has 1 atom stereocenters. The van der Waals surface area contributed by atoms with Crippen molar-refractivity contribution in [3.8, 4) is 0 Å². The van der Waals surface area contributed by atoms with E-state index in [-0.39, 0.29) is 34.6 Å². The number of morpholine rings is 1. The van der Waals surface area contributed by atoms with Gasteiger partial charge in [0, 0.05) is 18.4 Å². The predicted molar refractivity (Wildman–Crippen MR) is 77.3 cm³/mol. The second-order valence-corrected chi connectivity index (χ2v) is 7.22. The number of aliphatic hydroxyl groups excluding tert-OH is 1. The molecule has 6 nitrogen and oxygen atoms in total. The normalized spacial score (nSPS) is 19.6. The van der Waals surface area contributed by atoms with E-state index < -0.39 is 15.9 Å². The van der Waals surface area contributed by atoms with Gasteiger partial charge in [0.15, 0.2) is 9.84 Å². The Bertz CT molecular complexity index is 646. The summed E-state index contributed by atoms with van der Waals surface area (Å²) in [6, 6.07) is 3.70. The van der Waals surface area contributed by atoms with Crippen molar-refractivity contribution in [2.45, 2.75) is 10.9 Å². The zero-order valence-corrected chi connectivity index (χ0v) is 13.0. The van der Waals surface area contributed by atoms with E-state index in [2.05, 4.69) is 0 Å². The van der Waals surface area contributed by atoms with Crippen LogP contribution in [0.15, 0.2) is 23.1 Å². The molecule has 1 aliphatic heterocycles. The monoisotopic (exact) mass is 333 g/mol. The van der Waals surface area contributed by atoms with E-state index in [1.54, 1.807) is 0 Å². The molecule has 21 heavy (non-hydrogen) atoms. The van der Waals surface area contributed by atoms with E-state index in [4.69, 9.17) is 16.3 Å². The Morgan fingerprint density at radius 3 is 2.86 bits per heavy atom. The number of hydrogen-bond donors (Lipinski definition) is 1. The quantitative estimate of drug-likeness (QED) is 0.874. The molecule has 1 amide bonds. The lowest BCUT2D eigenvalue weighted by atomic mass is 10.1. The molecule has 2 rings (SSSR count). The summed E-state index contributed by atoms with van der Waals surface area (Å²) in [6.45, 7) is 0.780. The van der Waals surface area contributed by atoms with Gasteiger partial charge in [0.1, 0.15) is 0 Å². The van der Waals surface area contributed by atoms with Crippen molar-refractivity contribution in [2.75, 3.05) is 32.6 Å². The maximum atomic E-state index is 12.5. The third kappa shape index (κ3) is 3.55. The molecule has 1 aromatic carbocycles. The SMILES string of the molecule is CS(=O)(=O)c1cc(C(=O)N2CCOCC2CO)ccc1Cl. The number of nitrogens with zero attached hydrogens (tertiary/aromatic N) is 1. The summed E-state index contributed by atoms with van der Waals surface area (Å²) in [5.74, 6) is -0.348. The van der Waals surface area contributed by atoms with Crippen LogP contribution in [0.4, 0.5) is 0 Å². The number of sulfone groups is 1. The van der Waals surface area contributed by atoms with E-state index in [1.807, 2.05) is 0 Å². The molecule has 1 fully saturated rings. The minimum atomic E-state index is -3.52. The number of rotatable bonds is 3. The van der Waals surface area contributed by atoms with Crippen LogP contribution in [0, 0.1) is 0 Å². The van der Waals surface area contributed by atoms with Gasteiger partial charge in [0.05, 0.1) is 35.8 Å². The van der Waals surface area contributed by atoms with Gasteiger partial charge in [-0.15, -0.1) is 0 Å². The molecule has 116 valence electrons. The first kappa shape index (κ1) is 16.2. The van der Waals surface area contributed by atoms with Gasteiger partial charge >= 0.3 is 0 Å². The van der Waals surface area contributed by atoms with E-state index in [0.717, 1.165) is 6.26 Å². The summed E-state index contributed by atoms with van der Waals surface area (Å²) < 4.78 is 28.5. The van der Waals surface area contributed by atoms with Crippen LogP contribution in [0.1, 0.15) is 10.4 Å². The Kier molecular flexibility index (Phi) is 4.88. The highest BCUT2D eigenvalue weighted by Gasteiger charge is 2.28. The summed E-state index contributed by atoms with van der Waals surface area (Å²) in [4.78, 5) is 13.9. The van der Waals surface area contributed by atoms with E-state index in [1.165, 1.54) is 23.1 Å². The fraction of sp³-hybridized carbons (Fsp3) is 0.462. The van der Waals surface area contributed by atoms with Crippen molar-refractivity contribution >= 4 is 27.3 Å². The van der Waals surface area contributed by atoms with Crippen LogP contribution in [0.2, 0.25) is 5.02 Å². The summed E-state index contributed by atoms with van der Waals surface area (Å²) in [5, 5.41) is 9.37. The van der Waals surface area contributed by atoms with Crippen LogP contribution < -0.4 is 0 Å². The molecule has 1 heterocycles. The number of carbonyl (C=O) groups is 1. The predicted octanol–water partition coefficient (Wildman–Crippen LogP) is 0.577. The maximum Gasteiger partial charge on any atom is 0.254 e. The number of carbonyl (C=O) groups excluding carboxylic acids is 1. The molecule has 1 aromatic rings. The lowest BCUT2D eigenvalue weighted by Crippen LogP contribution is -2.50. The van der Waals surface area contributed by atoms with Crippen LogP contribution in [0.25, 0.3) is 0 Å². The Labute approximate surface area is 128 Å². The van der Waals surface area contributed by atoms with E-state index in [0.29, 0.717) is 13.2 Å². The molecular formula is C13H16ClNO5S. The third-order valence-electron chi connectivity index (χ3n) is 3.28. The molecule has 1 unspecified atom stereocenters. The van der Waals surface area contributed by atoms with Gasteiger partial charge in [-0.25, -0.2) is 8.42 Å². The third-order valence-corrected chi connectivity index (χ3v) is 4.86. The maximum absolute atomic E-state index is 12.5. The molecule has 0 aliphatic carbocycles. The van der Waals surface area contributed by atoms with Gasteiger partial charge in [-0.05, 0) is 18.2 Å². The van der Waals surface area contributed by atoms with Gasteiger partial charge in [-0.2, -0.15) is 0 Å². The molecule has 0 saturated carbocycles. The molecule has 1 saturated heterocycles. The molecule has 1 aliphatic rings. The Morgan fingerprint density at radius 1 is 1.52 bits per heavy atom. The number of amides is 1. The van der Waals surface area contributed by atoms with Gasteiger partial charge in [0.25, 0.3) is 5.91 Å². The highest BCUT2D eigenvalue weighted by Crippen LogP contribution is 2.24. The number of ether oxygens (including phenoxy) is 1. The molecule has 8 heteroatoms. The molecule has 1 N–H and O–H groups in total. The fourth-order valence-corrected chi connectivity index (χ4v) is 3.46. The second kappa shape index (κ2) is 6.31. The smallest absolute Gasteiger partial charge is 0.254 e. The minimum Gasteiger partial charge on any atom is -0.394 e. The minimum absolute atomic E-state index is 0.0785. The summed E-state index contributed by atoms with van der Waals surface area (Å²) >= 11 is 5.86. The Hall–Kier alpha value is -1.15. The number of halogens is 1. The molecular weight excluding hydrogens is 318 g/mol. The largest absolute Gasteiger partial charge is 0.394 e. The molecule has 0 spiro atoms. The lowest BCUT2D eigenvalue weighted by molar-refractivity contribution is -0.0184. The molecule has 0 aromatic heterocycles.